The number of nitriles is 1. The molecule has 0 aliphatic carbocycles. The molecule has 0 saturated heterocycles. The number of rotatable bonds is 6. The predicted molar refractivity (Wildman–Crippen MR) is 97.8 cm³/mol. The molecule has 0 bridgehead atoms. The normalized spacial score (nSPS) is 11.6. The Morgan fingerprint density at radius 3 is 2.79 bits per heavy atom. The number of benzene rings is 1. The standard InChI is InChI=1S/C19H18F3N5O/c1-11-16(27-14(9-23)18-17(11)25-10-26-18)12-4-5-15(28-7-3-6-24-2)13(8-12)19(20,21)22/h4-5,8,10,24H,3,6-7H2,1-2H3,(H,25,26). The first-order valence-corrected chi connectivity index (χ1v) is 8.59. The van der Waals surface area contributed by atoms with Crippen molar-refractivity contribution in [3.8, 4) is 23.1 Å². The van der Waals surface area contributed by atoms with Gasteiger partial charge in [-0.1, -0.05) is 0 Å². The molecule has 2 N–H and O–H groups in total. The summed E-state index contributed by atoms with van der Waals surface area (Å²) in [5.74, 6) is -0.230. The number of alkyl halides is 3. The molecule has 3 aromatic rings. The Hall–Kier alpha value is -3.12. The largest absolute Gasteiger partial charge is 0.493 e. The molecule has 1 aromatic carbocycles. The minimum Gasteiger partial charge on any atom is -0.493 e. The minimum atomic E-state index is -4.59. The Labute approximate surface area is 159 Å². The maximum absolute atomic E-state index is 13.6. The number of H-pyrrole nitrogens is 1. The molecule has 28 heavy (non-hydrogen) atoms. The number of fused-ring (bicyclic) bond motifs is 1. The summed E-state index contributed by atoms with van der Waals surface area (Å²) in [5.41, 5.74) is 1.28. The molecule has 0 aliphatic rings. The third-order valence-corrected chi connectivity index (χ3v) is 4.30. The molecular formula is C19H18F3N5O. The summed E-state index contributed by atoms with van der Waals surface area (Å²) in [4.78, 5) is 11.2. The molecular weight excluding hydrogens is 371 g/mol. The van der Waals surface area contributed by atoms with Crippen LogP contribution in [0, 0.1) is 18.3 Å². The molecule has 2 aromatic heterocycles. The smallest absolute Gasteiger partial charge is 0.419 e. The molecule has 0 saturated carbocycles. The lowest BCUT2D eigenvalue weighted by molar-refractivity contribution is -0.138. The summed E-state index contributed by atoms with van der Waals surface area (Å²) in [6, 6.07) is 5.76. The summed E-state index contributed by atoms with van der Waals surface area (Å²) in [6.45, 7) is 2.52. The van der Waals surface area contributed by atoms with Gasteiger partial charge in [-0.2, -0.15) is 18.4 Å². The lowest BCUT2D eigenvalue weighted by Crippen LogP contribution is -2.14. The number of nitrogens with zero attached hydrogens (tertiary/aromatic N) is 3. The molecule has 0 atom stereocenters. The fraction of sp³-hybridized carbons (Fsp3) is 0.316. The Bertz CT molecular complexity index is 1040. The molecule has 0 spiro atoms. The molecule has 2 heterocycles. The van der Waals surface area contributed by atoms with Crippen LogP contribution in [0.5, 0.6) is 5.75 Å². The molecule has 6 nitrogen and oxygen atoms in total. The van der Waals surface area contributed by atoms with Gasteiger partial charge in [-0.15, -0.1) is 0 Å². The summed E-state index contributed by atoms with van der Waals surface area (Å²) >= 11 is 0. The highest BCUT2D eigenvalue weighted by Gasteiger charge is 2.35. The van der Waals surface area contributed by atoms with Crippen LogP contribution in [0.3, 0.4) is 0 Å². The Morgan fingerprint density at radius 1 is 1.32 bits per heavy atom. The number of pyridine rings is 1. The van der Waals surface area contributed by atoms with Crippen LogP contribution >= 0.6 is 0 Å². The van der Waals surface area contributed by atoms with Crippen molar-refractivity contribution in [1.29, 1.82) is 5.26 Å². The third kappa shape index (κ3) is 3.77. The summed E-state index contributed by atoms with van der Waals surface area (Å²) in [6.07, 6.45) is -2.58. The zero-order valence-corrected chi connectivity index (χ0v) is 15.3. The van der Waals surface area contributed by atoms with Crippen LogP contribution < -0.4 is 10.1 Å². The first-order chi connectivity index (χ1) is 13.4. The number of hydrogen-bond acceptors (Lipinski definition) is 5. The van der Waals surface area contributed by atoms with Gasteiger partial charge in [0.15, 0.2) is 5.69 Å². The molecule has 9 heteroatoms. The Morgan fingerprint density at radius 2 is 2.11 bits per heavy atom. The number of ether oxygens (including phenoxy) is 1. The molecule has 146 valence electrons. The molecule has 0 amide bonds. The number of nitrogens with one attached hydrogen (secondary N) is 2. The number of aryl methyl sites for hydroxylation is 1. The van der Waals surface area contributed by atoms with E-state index in [2.05, 4.69) is 20.3 Å². The van der Waals surface area contributed by atoms with Crippen molar-refractivity contribution >= 4 is 11.0 Å². The lowest BCUT2D eigenvalue weighted by atomic mass is 10.0. The van der Waals surface area contributed by atoms with Gasteiger partial charge >= 0.3 is 6.18 Å². The number of aromatic amines is 1. The van der Waals surface area contributed by atoms with E-state index in [1.54, 1.807) is 14.0 Å². The second kappa shape index (κ2) is 7.86. The third-order valence-electron chi connectivity index (χ3n) is 4.30. The van der Waals surface area contributed by atoms with Crippen molar-refractivity contribution in [3.63, 3.8) is 0 Å². The van der Waals surface area contributed by atoms with E-state index < -0.39 is 11.7 Å². The molecule has 0 radical (unpaired) electrons. The van der Waals surface area contributed by atoms with Crippen LogP contribution in [0.25, 0.3) is 22.3 Å². The number of imidazole rings is 1. The van der Waals surface area contributed by atoms with Gasteiger partial charge < -0.3 is 15.0 Å². The van der Waals surface area contributed by atoms with Gasteiger partial charge in [-0.25, -0.2) is 9.97 Å². The van der Waals surface area contributed by atoms with E-state index in [4.69, 9.17) is 4.74 Å². The molecule has 0 fully saturated rings. The first-order valence-electron chi connectivity index (χ1n) is 8.59. The highest BCUT2D eigenvalue weighted by molar-refractivity contribution is 5.87. The predicted octanol–water partition coefficient (Wildman–Crippen LogP) is 3.81. The SMILES string of the molecule is CNCCCOc1ccc(-c2nc(C#N)c3[nH]cnc3c2C)cc1C(F)(F)F. The second-order valence-corrected chi connectivity index (χ2v) is 6.19. The van der Waals surface area contributed by atoms with E-state index in [0.717, 1.165) is 6.07 Å². The maximum Gasteiger partial charge on any atom is 0.419 e. The van der Waals surface area contributed by atoms with Crippen LogP contribution in [0.1, 0.15) is 23.2 Å². The zero-order valence-electron chi connectivity index (χ0n) is 15.3. The van der Waals surface area contributed by atoms with E-state index in [0.29, 0.717) is 29.6 Å². The first kappa shape index (κ1) is 19.6. The lowest BCUT2D eigenvalue weighted by Gasteiger charge is -2.16. The van der Waals surface area contributed by atoms with Crippen LogP contribution in [-0.2, 0) is 6.18 Å². The van der Waals surface area contributed by atoms with E-state index in [-0.39, 0.29) is 29.3 Å². The van der Waals surface area contributed by atoms with E-state index in [1.165, 1.54) is 18.5 Å². The molecule has 0 unspecified atom stereocenters. The molecule has 3 rings (SSSR count). The number of hydrogen-bond donors (Lipinski definition) is 2. The van der Waals surface area contributed by atoms with Crippen molar-refractivity contribution < 1.29 is 17.9 Å². The van der Waals surface area contributed by atoms with Crippen molar-refractivity contribution in [3.05, 3.63) is 41.3 Å². The van der Waals surface area contributed by atoms with Gasteiger partial charge in [0.2, 0.25) is 0 Å². The summed E-state index contributed by atoms with van der Waals surface area (Å²) in [7, 11) is 1.76. The van der Waals surface area contributed by atoms with E-state index in [1.807, 2.05) is 6.07 Å². The second-order valence-electron chi connectivity index (χ2n) is 6.19. The number of halogens is 3. The van der Waals surface area contributed by atoms with Gasteiger partial charge in [-0.05, 0) is 45.1 Å². The van der Waals surface area contributed by atoms with Crippen LogP contribution in [0.2, 0.25) is 0 Å². The Balaban J connectivity index is 2.07. The van der Waals surface area contributed by atoms with E-state index >= 15 is 0 Å². The monoisotopic (exact) mass is 389 g/mol. The van der Waals surface area contributed by atoms with Gasteiger partial charge in [0.1, 0.15) is 17.3 Å². The van der Waals surface area contributed by atoms with E-state index in [9.17, 15) is 18.4 Å². The average Bonchev–Trinajstić information content (AvgIpc) is 3.16. The topological polar surface area (TPSA) is 86.6 Å². The zero-order chi connectivity index (χ0) is 20.3. The van der Waals surface area contributed by atoms with Gasteiger partial charge in [-0.3, -0.25) is 0 Å². The quantitative estimate of drug-likeness (QED) is 0.626. The van der Waals surface area contributed by atoms with Crippen LogP contribution in [0.4, 0.5) is 13.2 Å². The number of aromatic nitrogens is 3. The summed E-state index contributed by atoms with van der Waals surface area (Å²) < 4.78 is 46.1. The molecule has 0 aliphatic heterocycles. The van der Waals surface area contributed by atoms with Crippen molar-refractivity contribution in [2.75, 3.05) is 20.2 Å². The fourth-order valence-electron chi connectivity index (χ4n) is 2.94. The van der Waals surface area contributed by atoms with Crippen molar-refractivity contribution in [2.45, 2.75) is 19.5 Å². The minimum absolute atomic E-state index is 0.0778. The Kier molecular flexibility index (Phi) is 5.51. The fourth-order valence-corrected chi connectivity index (χ4v) is 2.94. The van der Waals surface area contributed by atoms with Gasteiger partial charge in [0, 0.05) is 11.1 Å². The van der Waals surface area contributed by atoms with Gasteiger partial charge in [0.05, 0.1) is 29.7 Å². The van der Waals surface area contributed by atoms with Crippen LogP contribution in [0.15, 0.2) is 24.5 Å². The average molecular weight is 389 g/mol. The van der Waals surface area contributed by atoms with Gasteiger partial charge in [0.25, 0.3) is 0 Å². The van der Waals surface area contributed by atoms with Crippen LogP contribution in [-0.4, -0.2) is 35.2 Å². The van der Waals surface area contributed by atoms with Crippen molar-refractivity contribution in [2.24, 2.45) is 0 Å². The highest BCUT2D eigenvalue weighted by atomic mass is 19.4. The maximum atomic E-state index is 13.6. The summed E-state index contributed by atoms with van der Waals surface area (Å²) in [5, 5.41) is 12.2. The highest BCUT2D eigenvalue weighted by Crippen LogP contribution is 2.39. The van der Waals surface area contributed by atoms with Crippen molar-refractivity contribution in [1.82, 2.24) is 20.3 Å².